The molecule has 0 bridgehead atoms. The van der Waals surface area contributed by atoms with Crippen LogP contribution in [-0.4, -0.2) is 18.0 Å². The lowest BCUT2D eigenvalue weighted by molar-refractivity contribution is -0.128. The highest BCUT2D eigenvalue weighted by molar-refractivity contribution is 5.86. The zero-order chi connectivity index (χ0) is 14.6. The number of hydrogen-bond donors (Lipinski definition) is 2. The molecule has 1 aliphatic heterocycles. The van der Waals surface area contributed by atoms with Gasteiger partial charge >= 0.3 is 0 Å². The van der Waals surface area contributed by atoms with E-state index in [1.807, 2.05) is 26.0 Å². The number of amides is 1. The maximum atomic E-state index is 12.4. The van der Waals surface area contributed by atoms with Crippen molar-refractivity contribution in [1.29, 1.82) is 5.26 Å². The summed E-state index contributed by atoms with van der Waals surface area (Å²) in [5.74, 6) is 0.0501. The second-order valence-electron chi connectivity index (χ2n) is 5.64. The first kappa shape index (κ1) is 14.5. The van der Waals surface area contributed by atoms with Gasteiger partial charge in [0.15, 0.2) is 0 Å². The predicted molar refractivity (Wildman–Crippen MR) is 78.0 cm³/mol. The van der Waals surface area contributed by atoms with Crippen molar-refractivity contribution in [3.8, 4) is 6.07 Å². The Morgan fingerprint density at radius 2 is 2.10 bits per heavy atom. The molecule has 4 heteroatoms. The Hall–Kier alpha value is -1.86. The quantitative estimate of drug-likeness (QED) is 0.886. The maximum absolute atomic E-state index is 12.4. The summed E-state index contributed by atoms with van der Waals surface area (Å²) in [6, 6.07) is 9.37. The van der Waals surface area contributed by atoms with Crippen molar-refractivity contribution in [1.82, 2.24) is 10.6 Å². The van der Waals surface area contributed by atoms with E-state index in [9.17, 15) is 4.79 Å². The zero-order valence-corrected chi connectivity index (χ0v) is 12.1. The van der Waals surface area contributed by atoms with Crippen molar-refractivity contribution < 1.29 is 4.79 Å². The van der Waals surface area contributed by atoms with Crippen LogP contribution in [0.5, 0.6) is 0 Å². The zero-order valence-electron chi connectivity index (χ0n) is 12.1. The Bertz CT molecular complexity index is 510. The molecule has 4 nitrogen and oxygen atoms in total. The molecule has 1 fully saturated rings. The van der Waals surface area contributed by atoms with Crippen molar-refractivity contribution >= 4 is 5.91 Å². The number of rotatable bonds is 3. The van der Waals surface area contributed by atoms with Crippen LogP contribution in [0.25, 0.3) is 0 Å². The number of benzene rings is 1. The van der Waals surface area contributed by atoms with Crippen molar-refractivity contribution in [3.05, 3.63) is 35.4 Å². The third-order valence-electron chi connectivity index (χ3n) is 4.01. The van der Waals surface area contributed by atoms with E-state index in [-0.39, 0.29) is 11.9 Å². The van der Waals surface area contributed by atoms with Crippen LogP contribution < -0.4 is 10.6 Å². The smallest absolute Gasteiger partial charge is 0.240 e. The number of nitrogens with one attached hydrogen (secondary N) is 2. The van der Waals surface area contributed by atoms with Crippen LogP contribution in [0.4, 0.5) is 0 Å². The molecular weight excluding hydrogens is 250 g/mol. The van der Waals surface area contributed by atoms with Gasteiger partial charge in [-0.05, 0) is 57.4 Å². The number of carbonyl (C=O) groups is 1. The van der Waals surface area contributed by atoms with E-state index in [0.29, 0.717) is 5.56 Å². The highest BCUT2D eigenvalue weighted by Gasteiger charge is 2.34. The first-order valence-corrected chi connectivity index (χ1v) is 7.11. The molecular formula is C16H21N3O. The van der Waals surface area contributed by atoms with Crippen LogP contribution >= 0.6 is 0 Å². The second kappa shape index (κ2) is 6.06. The molecule has 0 saturated carbocycles. The lowest BCUT2D eigenvalue weighted by Gasteiger charge is -2.34. The fourth-order valence-corrected chi connectivity index (χ4v) is 2.54. The Morgan fingerprint density at radius 1 is 1.40 bits per heavy atom. The Labute approximate surface area is 120 Å². The molecule has 2 unspecified atom stereocenters. The number of carbonyl (C=O) groups excluding carboxylic acids is 1. The van der Waals surface area contributed by atoms with Crippen LogP contribution in [0.15, 0.2) is 24.3 Å². The minimum absolute atomic E-state index is 0.0501. The largest absolute Gasteiger partial charge is 0.348 e. The maximum Gasteiger partial charge on any atom is 0.240 e. The molecule has 1 aromatic rings. The van der Waals surface area contributed by atoms with Crippen molar-refractivity contribution in [3.63, 3.8) is 0 Å². The van der Waals surface area contributed by atoms with Gasteiger partial charge in [0.2, 0.25) is 5.91 Å². The Balaban J connectivity index is 2.01. The topological polar surface area (TPSA) is 64.9 Å². The van der Waals surface area contributed by atoms with E-state index in [2.05, 4.69) is 16.7 Å². The van der Waals surface area contributed by atoms with Crippen LogP contribution in [0, 0.1) is 11.3 Å². The van der Waals surface area contributed by atoms with Gasteiger partial charge in [-0.1, -0.05) is 12.1 Å². The molecule has 106 valence electrons. The Morgan fingerprint density at radius 3 is 2.65 bits per heavy atom. The predicted octanol–water partition coefficient (Wildman–Crippen LogP) is 2.27. The summed E-state index contributed by atoms with van der Waals surface area (Å²) in [4.78, 5) is 12.4. The Kier molecular flexibility index (Phi) is 4.41. The molecule has 2 rings (SSSR count). The van der Waals surface area contributed by atoms with Crippen LogP contribution in [0.2, 0.25) is 0 Å². The summed E-state index contributed by atoms with van der Waals surface area (Å²) in [7, 11) is 0. The fourth-order valence-electron chi connectivity index (χ4n) is 2.54. The van der Waals surface area contributed by atoms with Crippen LogP contribution in [-0.2, 0) is 4.79 Å². The molecule has 0 spiro atoms. The molecule has 0 aliphatic carbocycles. The fraction of sp³-hybridized carbons (Fsp3) is 0.500. The van der Waals surface area contributed by atoms with Crippen molar-refractivity contribution in [2.45, 2.75) is 44.7 Å². The number of piperidine rings is 1. The summed E-state index contributed by atoms with van der Waals surface area (Å²) >= 11 is 0. The van der Waals surface area contributed by atoms with Crippen LogP contribution in [0.1, 0.15) is 50.3 Å². The van der Waals surface area contributed by atoms with Crippen molar-refractivity contribution in [2.24, 2.45) is 0 Å². The highest BCUT2D eigenvalue weighted by atomic mass is 16.2. The van der Waals surface area contributed by atoms with Gasteiger partial charge in [0.25, 0.3) is 0 Å². The van der Waals surface area contributed by atoms with E-state index in [0.717, 1.165) is 31.4 Å². The first-order valence-electron chi connectivity index (χ1n) is 7.11. The molecule has 20 heavy (non-hydrogen) atoms. The lowest BCUT2D eigenvalue weighted by Crippen LogP contribution is -2.57. The van der Waals surface area contributed by atoms with E-state index in [1.54, 1.807) is 12.1 Å². The van der Waals surface area contributed by atoms with Gasteiger partial charge in [0.1, 0.15) is 0 Å². The summed E-state index contributed by atoms with van der Waals surface area (Å²) < 4.78 is 0. The van der Waals surface area contributed by atoms with Gasteiger partial charge in [-0.3, -0.25) is 4.79 Å². The van der Waals surface area contributed by atoms with E-state index < -0.39 is 5.54 Å². The van der Waals surface area contributed by atoms with Gasteiger partial charge in [-0.25, -0.2) is 0 Å². The van der Waals surface area contributed by atoms with Gasteiger partial charge in [0, 0.05) is 0 Å². The van der Waals surface area contributed by atoms with Crippen LogP contribution in [0.3, 0.4) is 0 Å². The number of nitriles is 1. The van der Waals surface area contributed by atoms with E-state index >= 15 is 0 Å². The average Bonchev–Trinajstić information content (AvgIpc) is 2.48. The molecule has 1 amide bonds. The lowest BCUT2D eigenvalue weighted by atomic mass is 9.89. The second-order valence-corrected chi connectivity index (χ2v) is 5.64. The molecule has 2 N–H and O–H groups in total. The molecule has 0 aromatic heterocycles. The van der Waals surface area contributed by atoms with E-state index in [4.69, 9.17) is 5.26 Å². The summed E-state index contributed by atoms with van der Waals surface area (Å²) in [5.41, 5.74) is 1.18. The van der Waals surface area contributed by atoms with Gasteiger partial charge in [-0.15, -0.1) is 0 Å². The van der Waals surface area contributed by atoms with Gasteiger partial charge in [0.05, 0.1) is 23.2 Å². The molecule has 1 aromatic carbocycles. The number of nitrogens with zero attached hydrogens (tertiary/aromatic N) is 1. The summed E-state index contributed by atoms with van der Waals surface area (Å²) in [5, 5.41) is 15.2. The average molecular weight is 271 g/mol. The minimum Gasteiger partial charge on any atom is -0.348 e. The summed E-state index contributed by atoms with van der Waals surface area (Å²) in [6.07, 6.45) is 3.09. The standard InChI is InChI=1S/C16H21N3O/c1-12(14-7-5-13(11-17)6-8-14)19-15(20)16(2)9-3-4-10-18-16/h5-8,12,18H,3-4,9-10H2,1-2H3,(H,19,20). The molecule has 1 saturated heterocycles. The highest BCUT2D eigenvalue weighted by Crippen LogP contribution is 2.21. The van der Waals surface area contributed by atoms with Crippen molar-refractivity contribution in [2.75, 3.05) is 6.54 Å². The van der Waals surface area contributed by atoms with Gasteiger partial charge < -0.3 is 10.6 Å². The monoisotopic (exact) mass is 271 g/mol. The number of hydrogen-bond acceptors (Lipinski definition) is 3. The third kappa shape index (κ3) is 3.17. The first-order chi connectivity index (χ1) is 9.55. The minimum atomic E-state index is -0.459. The summed E-state index contributed by atoms with van der Waals surface area (Å²) in [6.45, 7) is 4.83. The molecule has 1 heterocycles. The van der Waals surface area contributed by atoms with Gasteiger partial charge in [-0.2, -0.15) is 5.26 Å². The molecule has 1 aliphatic rings. The molecule has 0 radical (unpaired) electrons. The SMILES string of the molecule is CC(NC(=O)C1(C)CCCCN1)c1ccc(C#N)cc1. The molecule has 2 atom stereocenters. The normalized spacial score (nSPS) is 23.6. The van der Waals surface area contributed by atoms with E-state index in [1.165, 1.54) is 0 Å². The third-order valence-corrected chi connectivity index (χ3v) is 4.01.